The van der Waals surface area contributed by atoms with E-state index in [1.807, 2.05) is 0 Å². The maximum absolute atomic E-state index is 13.0. The minimum atomic E-state index is -4.69. The van der Waals surface area contributed by atoms with Crippen molar-refractivity contribution in [2.45, 2.75) is 12.4 Å². The fourth-order valence-electron chi connectivity index (χ4n) is 2.53. The van der Waals surface area contributed by atoms with Gasteiger partial charge in [-0.3, -0.25) is 4.98 Å². The normalized spacial score (nSPS) is 12.1. The molecule has 0 unspecified atom stereocenters. The topological polar surface area (TPSA) is 94.3 Å². The molecule has 1 N–H and O–H groups in total. The highest BCUT2D eigenvalue weighted by Crippen LogP contribution is 2.30. The van der Waals surface area contributed by atoms with Gasteiger partial charge in [0.15, 0.2) is 5.82 Å². The SMILES string of the molecule is FC(F)(F)c1cc(Nc2nc(-c3cccc(C(F)(F)F)n3)nc(-n3cccn3)n2)ccn1. The average molecular weight is 452 g/mol. The third-order valence-electron chi connectivity index (χ3n) is 3.91. The number of aromatic nitrogens is 7. The van der Waals surface area contributed by atoms with E-state index in [1.54, 1.807) is 6.07 Å². The van der Waals surface area contributed by atoms with E-state index in [2.05, 4.69) is 35.3 Å². The molecular weight excluding hydrogens is 442 g/mol. The molecule has 0 aliphatic carbocycles. The number of alkyl halides is 6. The van der Waals surface area contributed by atoms with Gasteiger partial charge in [-0.05, 0) is 30.3 Å². The molecule has 0 spiro atoms. The van der Waals surface area contributed by atoms with Crippen LogP contribution >= 0.6 is 0 Å². The lowest BCUT2D eigenvalue weighted by Crippen LogP contribution is -2.12. The van der Waals surface area contributed by atoms with E-state index in [9.17, 15) is 26.3 Å². The predicted octanol–water partition coefficient (Wildman–Crippen LogP) is 4.30. The number of nitrogens with one attached hydrogen (secondary N) is 1. The largest absolute Gasteiger partial charge is 0.433 e. The zero-order valence-corrected chi connectivity index (χ0v) is 15.6. The van der Waals surface area contributed by atoms with Gasteiger partial charge in [-0.1, -0.05) is 6.07 Å². The number of nitrogens with zero attached hydrogens (tertiary/aromatic N) is 7. The van der Waals surface area contributed by atoms with E-state index in [1.165, 1.54) is 29.2 Å². The first-order chi connectivity index (χ1) is 15.1. The third kappa shape index (κ3) is 4.63. The summed E-state index contributed by atoms with van der Waals surface area (Å²) in [5.41, 5.74) is -2.57. The van der Waals surface area contributed by atoms with Crippen molar-refractivity contribution in [2.24, 2.45) is 0 Å². The Morgan fingerprint density at radius 3 is 2.25 bits per heavy atom. The van der Waals surface area contributed by atoms with Crippen LogP contribution < -0.4 is 5.32 Å². The number of hydrogen-bond acceptors (Lipinski definition) is 7. The molecule has 4 heterocycles. The van der Waals surface area contributed by atoms with Gasteiger partial charge in [-0.25, -0.2) is 9.67 Å². The molecule has 0 aromatic carbocycles. The van der Waals surface area contributed by atoms with Crippen molar-refractivity contribution in [3.63, 3.8) is 0 Å². The second-order valence-electron chi connectivity index (χ2n) is 6.19. The summed E-state index contributed by atoms with van der Waals surface area (Å²) in [4.78, 5) is 19.0. The molecule has 4 aromatic heterocycles. The molecule has 32 heavy (non-hydrogen) atoms. The van der Waals surface area contributed by atoms with Gasteiger partial charge in [0.05, 0.1) is 0 Å². The van der Waals surface area contributed by atoms with Crippen molar-refractivity contribution >= 4 is 11.6 Å². The highest BCUT2D eigenvalue weighted by Gasteiger charge is 2.33. The molecule has 4 rings (SSSR count). The van der Waals surface area contributed by atoms with Crippen molar-refractivity contribution < 1.29 is 26.3 Å². The summed E-state index contributed by atoms with van der Waals surface area (Å²) in [5, 5.41) is 6.53. The Bertz CT molecular complexity index is 1240. The van der Waals surface area contributed by atoms with Gasteiger partial charge in [-0.15, -0.1) is 0 Å². The smallest absolute Gasteiger partial charge is 0.324 e. The van der Waals surface area contributed by atoms with E-state index in [4.69, 9.17) is 0 Å². The van der Waals surface area contributed by atoms with Gasteiger partial charge in [0.2, 0.25) is 5.95 Å². The summed E-state index contributed by atoms with van der Waals surface area (Å²) >= 11 is 0. The van der Waals surface area contributed by atoms with E-state index >= 15 is 0 Å². The van der Waals surface area contributed by atoms with Crippen LogP contribution in [-0.2, 0) is 12.4 Å². The quantitative estimate of drug-likeness (QED) is 0.462. The molecule has 0 radical (unpaired) electrons. The van der Waals surface area contributed by atoms with Gasteiger partial charge in [0.1, 0.15) is 17.1 Å². The van der Waals surface area contributed by atoms with Crippen LogP contribution in [0.3, 0.4) is 0 Å². The minimum Gasteiger partial charge on any atom is -0.324 e. The molecule has 4 aromatic rings. The first-order valence-electron chi connectivity index (χ1n) is 8.70. The fourth-order valence-corrected chi connectivity index (χ4v) is 2.53. The maximum atomic E-state index is 13.0. The Hall–Kier alpha value is -4.10. The summed E-state index contributed by atoms with van der Waals surface area (Å²) < 4.78 is 79.1. The lowest BCUT2D eigenvalue weighted by Gasteiger charge is -2.11. The van der Waals surface area contributed by atoms with Crippen molar-refractivity contribution in [1.82, 2.24) is 34.7 Å². The van der Waals surface area contributed by atoms with Crippen LogP contribution in [0.5, 0.6) is 0 Å². The van der Waals surface area contributed by atoms with Crippen molar-refractivity contribution in [2.75, 3.05) is 5.32 Å². The first-order valence-corrected chi connectivity index (χ1v) is 8.70. The molecule has 0 amide bonds. The molecule has 14 heteroatoms. The monoisotopic (exact) mass is 452 g/mol. The summed E-state index contributed by atoms with van der Waals surface area (Å²) in [7, 11) is 0. The molecule has 0 bridgehead atoms. The number of halogens is 6. The lowest BCUT2D eigenvalue weighted by atomic mass is 10.3. The van der Waals surface area contributed by atoms with E-state index in [0.29, 0.717) is 0 Å². The first kappa shape index (κ1) is 21.1. The Balaban J connectivity index is 1.78. The molecule has 0 saturated heterocycles. The molecule has 0 fully saturated rings. The molecule has 0 saturated carbocycles. The Kier molecular flexibility index (Phi) is 5.20. The Morgan fingerprint density at radius 1 is 0.781 bits per heavy atom. The van der Waals surface area contributed by atoms with Crippen molar-refractivity contribution in [3.05, 3.63) is 66.4 Å². The van der Waals surface area contributed by atoms with Crippen LogP contribution in [0, 0.1) is 0 Å². The number of pyridine rings is 2. The number of anilines is 2. The number of hydrogen-bond donors (Lipinski definition) is 1. The highest BCUT2D eigenvalue weighted by molar-refractivity contribution is 5.58. The number of rotatable bonds is 4. The van der Waals surface area contributed by atoms with Crippen molar-refractivity contribution in [1.29, 1.82) is 0 Å². The summed E-state index contributed by atoms with van der Waals surface area (Å²) in [6, 6.07) is 6.71. The van der Waals surface area contributed by atoms with Crippen LogP contribution in [0.2, 0.25) is 0 Å². The van der Waals surface area contributed by atoms with Crippen LogP contribution in [0.4, 0.5) is 38.0 Å². The van der Waals surface area contributed by atoms with Gasteiger partial charge < -0.3 is 5.32 Å². The Labute approximate surface area is 175 Å². The summed E-state index contributed by atoms with van der Waals surface area (Å²) in [6.45, 7) is 0. The molecule has 0 atom stereocenters. The van der Waals surface area contributed by atoms with Gasteiger partial charge in [0.25, 0.3) is 5.95 Å². The van der Waals surface area contributed by atoms with Crippen LogP contribution in [0.25, 0.3) is 17.5 Å². The second-order valence-corrected chi connectivity index (χ2v) is 6.19. The second kappa shape index (κ2) is 7.86. The van der Waals surface area contributed by atoms with Crippen LogP contribution in [-0.4, -0.2) is 34.7 Å². The van der Waals surface area contributed by atoms with Crippen molar-refractivity contribution in [3.8, 4) is 17.5 Å². The Morgan fingerprint density at radius 2 is 1.56 bits per heavy atom. The minimum absolute atomic E-state index is 0.0482. The third-order valence-corrected chi connectivity index (χ3v) is 3.91. The van der Waals surface area contributed by atoms with Gasteiger partial charge >= 0.3 is 12.4 Å². The van der Waals surface area contributed by atoms with E-state index in [0.717, 1.165) is 24.4 Å². The highest BCUT2D eigenvalue weighted by atomic mass is 19.4. The van der Waals surface area contributed by atoms with Crippen LogP contribution in [0.15, 0.2) is 55.0 Å². The summed E-state index contributed by atoms with van der Waals surface area (Å²) in [6.07, 6.45) is -5.55. The summed E-state index contributed by atoms with van der Waals surface area (Å²) in [5.74, 6) is -0.574. The lowest BCUT2D eigenvalue weighted by molar-refractivity contribution is -0.141. The van der Waals surface area contributed by atoms with Gasteiger partial charge in [-0.2, -0.15) is 46.4 Å². The maximum Gasteiger partial charge on any atom is 0.433 e. The zero-order chi connectivity index (χ0) is 22.9. The van der Waals surface area contributed by atoms with Crippen LogP contribution in [0.1, 0.15) is 11.4 Å². The fraction of sp³-hybridized carbons (Fsp3) is 0.111. The molecule has 8 nitrogen and oxygen atoms in total. The standard InChI is InChI=1S/C18H10F6N8/c19-17(20,21)12-4-1-3-11(28-12)14-29-15(31-16(30-14)32-8-2-6-26-32)27-10-5-7-25-13(9-10)18(22,23)24/h1-9H,(H,25,27,29,30,31). The average Bonchev–Trinajstić information content (AvgIpc) is 3.28. The zero-order valence-electron chi connectivity index (χ0n) is 15.6. The molecule has 164 valence electrons. The van der Waals surface area contributed by atoms with E-state index < -0.39 is 23.7 Å². The molecule has 0 aliphatic rings. The molecular formula is C18H10F6N8. The predicted molar refractivity (Wildman–Crippen MR) is 97.7 cm³/mol. The van der Waals surface area contributed by atoms with Gasteiger partial charge in [0, 0.05) is 24.3 Å². The molecule has 0 aliphatic heterocycles. The van der Waals surface area contributed by atoms with E-state index in [-0.39, 0.29) is 29.1 Å².